The maximum Gasteiger partial charge on any atom is 0.313 e. The summed E-state index contributed by atoms with van der Waals surface area (Å²) in [5.41, 5.74) is 1.09. The maximum absolute atomic E-state index is 12.1. The molecule has 4 atom stereocenters. The maximum atomic E-state index is 12.1. The number of ether oxygens (including phenoxy) is 2. The van der Waals surface area contributed by atoms with Crippen molar-refractivity contribution in [2.24, 2.45) is 5.92 Å². The van der Waals surface area contributed by atoms with E-state index in [0.717, 1.165) is 24.9 Å². The van der Waals surface area contributed by atoms with Crippen molar-refractivity contribution in [2.45, 2.75) is 44.1 Å². The summed E-state index contributed by atoms with van der Waals surface area (Å²) in [5.74, 6) is -0.736. The molecule has 1 aromatic carbocycles. The number of rotatable bonds is 7. The lowest BCUT2D eigenvalue weighted by Crippen LogP contribution is -2.40. The number of hydrogen-bond acceptors (Lipinski definition) is 6. The fourth-order valence-electron chi connectivity index (χ4n) is 3.57. The van der Waals surface area contributed by atoms with Crippen LogP contribution in [-0.4, -0.2) is 54.7 Å². The second-order valence-corrected chi connectivity index (χ2v) is 6.36. The summed E-state index contributed by atoms with van der Waals surface area (Å²) in [6.07, 6.45) is 1.01. The Labute approximate surface area is 142 Å². The van der Waals surface area contributed by atoms with Crippen molar-refractivity contribution >= 4 is 5.97 Å². The smallest absolute Gasteiger partial charge is 0.313 e. The number of hydroxylamine groups is 2. The lowest BCUT2D eigenvalue weighted by atomic mass is 9.89. The molecule has 6 nitrogen and oxygen atoms in total. The SMILES string of the molecule is COC(=O)[C@@H]1[C@@H]([C@@H](O)CCOCc2ccccc2)ON2CCC[C@H]12. The molecule has 0 radical (unpaired) electrons. The van der Waals surface area contributed by atoms with Crippen LogP contribution in [0.25, 0.3) is 0 Å². The van der Waals surface area contributed by atoms with Crippen LogP contribution in [-0.2, 0) is 25.7 Å². The van der Waals surface area contributed by atoms with Gasteiger partial charge in [0.1, 0.15) is 12.0 Å². The highest BCUT2D eigenvalue weighted by Gasteiger charge is 2.52. The van der Waals surface area contributed by atoms with Crippen molar-refractivity contribution in [3.05, 3.63) is 35.9 Å². The average molecular weight is 335 g/mol. The van der Waals surface area contributed by atoms with E-state index in [9.17, 15) is 9.90 Å². The monoisotopic (exact) mass is 335 g/mol. The first-order chi connectivity index (χ1) is 11.7. The van der Waals surface area contributed by atoms with E-state index in [1.54, 1.807) is 0 Å². The van der Waals surface area contributed by atoms with Gasteiger partial charge in [0.25, 0.3) is 0 Å². The molecule has 2 heterocycles. The van der Waals surface area contributed by atoms with E-state index < -0.39 is 18.1 Å². The normalized spacial score (nSPS) is 27.8. The summed E-state index contributed by atoms with van der Waals surface area (Å²) in [7, 11) is 1.38. The standard InChI is InChI=1S/C18H25NO5/c1-22-18(21)16-14-8-5-10-19(14)24-17(16)15(20)9-11-23-12-13-6-3-2-4-7-13/h2-4,6-7,14-17,20H,5,8-12H2,1H3/t14-,15+,16+,17-/m1/s1. The van der Waals surface area contributed by atoms with E-state index in [1.165, 1.54) is 7.11 Å². The van der Waals surface area contributed by atoms with Crippen LogP contribution >= 0.6 is 0 Å². The highest BCUT2D eigenvalue weighted by atomic mass is 16.7. The molecule has 1 N–H and O–H groups in total. The molecule has 0 bridgehead atoms. The number of aliphatic hydroxyl groups excluding tert-OH is 1. The van der Waals surface area contributed by atoms with Gasteiger partial charge in [-0.25, -0.2) is 0 Å². The molecular formula is C18H25NO5. The molecule has 0 saturated carbocycles. The number of benzene rings is 1. The number of aliphatic hydroxyl groups is 1. The van der Waals surface area contributed by atoms with Crippen molar-refractivity contribution in [2.75, 3.05) is 20.3 Å². The zero-order chi connectivity index (χ0) is 16.9. The Morgan fingerprint density at radius 2 is 2.21 bits per heavy atom. The van der Waals surface area contributed by atoms with E-state index in [1.807, 2.05) is 35.4 Å². The molecule has 0 aromatic heterocycles. The van der Waals surface area contributed by atoms with Gasteiger partial charge in [-0.3, -0.25) is 9.63 Å². The molecule has 0 unspecified atom stereocenters. The van der Waals surface area contributed by atoms with E-state index in [-0.39, 0.29) is 12.0 Å². The number of nitrogens with zero attached hydrogens (tertiary/aromatic N) is 1. The van der Waals surface area contributed by atoms with Crippen LogP contribution in [0.5, 0.6) is 0 Å². The highest BCUT2D eigenvalue weighted by molar-refractivity contribution is 5.74. The predicted molar refractivity (Wildman–Crippen MR) is 86.8 cm³/mol. The fourth-order valence-corrected chi connectivity index (χ4v) is 3.57. The lowest BCUT2D eigenvalue weighted by molar-refractivity contribution is -0.180. The van der Waals surface area contributed by atoms with Gasteiger partial charge in [-0.15, -0.1) is 0 Å². The van der Waals surface area contributed by atoms with Gasteiger partial charge in [-0.1, -0.05) is 30.3 Å². The number of esters is 1. The molecule has 2 saturated heterocycles. The molecule has 2 fully saturated rings. The zero-order valence-corrected chi connectivity index (χ0v) is 14.0. The number of fused-ring (bicyclic) bond motifs is 1. The minimum atomic E-state index is -0.754. The van der Waals surface area contributed by atoms with Crippen LogP contribution in [0.3, 0.4) is 0 Å². The molecule has 24 heavy (non-hydrogen) atoms. The molecule has 0 aliphatic carbocycles. The highest BCUT2D eigenvalue weighted by Crippen LogP contribution is 2.37. The van der Waals surface area contributed by atoms with E-state index >= 15 is 0 Å². The third kappa shape index (κ3) is 3.78. The Hall–Kier alpha value is -1.47. The Morgan fingerprint density at radius 1 is 1.42 bits per heavy atom. The summed E-state index contributed by atoms with van der Waals surface area (Å²) >= 11 is 0. The van der Waals surface area contributed by atoms with E-state index in [4.69, 9.17) is 14.3 Å². The Balaban J connectivity index is 1.50. The quantitative estimate of drug-likeness (QED) is 0.602. The summed E-state index contributed by atoms with van der Waals surface area (Å²) in [6.45, 7) is 1.72. The molecule has 3 rings (SSSR count). The average Bonchev–Trinajstić information content (AvgIpc) is 3.19. The molecule has 0 amide bonds. The minimum Gasteiger partial charge on any atom is -0.469 e. The lowest BCUT2D eigenvalue weighted by Gasteiger charge is -2.23. The van der Waals surface area contributed by atoms with Gasteiger partial charge in [0, 0.05) is 13.2 Å². The zero-order valence-electron chi connectivity index (χ0n) is 14.0. The van der Waals surface area contributed by atoms with Crippen molar-refractivity contribution in [1.29, 1.82) is 0 Å². The molecule has 2 aliphatic heterocycles. The molecule has 0 spiro atoms. The Kier molecular flexibility index (Phi) is 5.84. The van der Waals surface area contributed by atoms with Crippen LogP contribution in [0.1, 0.15) is 24.8 Å². The van der Waals surface area contributed by atoms with Crippen molar-refractivity contribution < 1.29 is 24.2 Å². The second kappa shape index (κ2) is 8.07. The fraction of sp³-hybridized carbons (Fsp3) is 0.611. The van der Waals surface area contributed by atoms with Gasteiger partial charge in [0.05, 0.1) is 25.9 Å². The molecule has 132 valence electrons. The topological polar surface area (TPSA) is 68.2 Å². The predicted octanol–water partition coefficient (Wildman–Crippen LogP) is 1.52. The first-order valence-electron chi connectivity index (χ1n) is 8.51. The molecule has 6 heteroatoms. The summed E-state index contributed by atoms with van der Waals surface area (Å²) in [4.78, 5) is 17.9. The van der Waals surface area contributed by atoms with Gasteiger partial charge in [-0.2, -0.15) is 5.06 Å². The number of carbonyl (C=O) groups is 1. The van der Waals surface area contributed by atoms with Gasteiger partial charge in [0.2, 0.25) is 0 Å². The Bertz CT molecular complexity index is 537. The largest absolute Gasteiger partial charge is 0.469 e. The summed E-state index contributed by atoms with van der Waals surface area (Å²) < 4.78 is 10.5. The van der Waals surface area contributed by atoms with Gasteiger partial charge in [-0.05, 0) is 24.8 Å². The van der Waals surface area contributed by atoms with Crippen LogP contribution in [0.15, 0.2) is 30.3 Å². The first-order valence-corrected chi connectivity index (χ1v) is 8.51. The van der Waals surface area contributed by atoms with Gasteiger partial charge >= 0.3 is 5.97 Å². The van der Waals surface area contributed by atoms with Crippen molar-refractivity contribution in [1.82, 2.24) is 5.06 Å². The molecule has 1 aromatic rings. The third-order valence-electron chi connectivity index (χ3n) is 4.80. The number of carbonyl (C=O) groups excluding carboxylic acids is 1. The Morgan fingerprint density at radius 3 is 2.96 bits per heavy atom. The molecule has 2 aliphatic rings. The second-order valence-electron chi connectivity index (χ2n) is 6.36. The minimum absolute atomic E-state index is 0.0161. The van der Waals surface area contributed by atoms with Crippen LogP contribution in [0, 0.1) is 5.92 Å². The van der Waals surface area contributed by atoms with Crippen LogP contribution in [0.2, 0.25) is 0 Å². The van der Waals surface area contributed by atoms with E-state index in [2.05, 4.69) is 0 Å². The molecular weight excluding hydrogens is 310 g/mol. The number of hydrogen-bond donors (Lipinski definition) is 1. The van der Waals surface area contributed by atoms with Gasteiger partial charge < -0.3 is 14.6 Å². The van der Waals surface area contributed by atoms with Crippen LogP contribution < -0.4 is 0 Å². The van der Waals surface area contributed by atoms with E-state index in [0.29, 0.717) is 19.6 Å². The van der Waals surface area contributed by atoms with Crippen molar-refractivity contribution in [3.63, 3.8) is 0 Å². The van der Waals surface area contributed by atoms with Crippen LogP contribution in [0.4, 0.5) is 0 Å². The first kappa shape index (κ1) is 17.4. The third-order valence-corrected chi connectivity index (χ3v) is 4.80. The summed E-state index contributed by atoms with van der Waals surface area (Å²) in [5, 5.41) is 12.3. The van der Waals surface area contributed by atoms with Crippen molar-refractivity contribution in [3.8, 4) is 0 Å². The summed E-state index contributed by atoms with van der Waals surface area (Å²) in [6, 6.07) is 9.91. The van der Waals surface area contributed by atoms with Gasteiger partial charge in [0.15, 0.2) is 0 Å². The number of methoxy groups -OCH3 is 1.